The molecule has 3 aromatic carbocycles. The number of rotatable bonds is 17. The highest BCUT2D eigenvalue weighted by Gasteiger charge is 2.44. The number of aromatic amines is 1. The number of imide groups is 1. The van der Waals surface area contributed by atoms with Gasteiger partial charge in [0.2, 0.25) is 5.91 Å². The van der Waals surface area contributed by atoms with E-state index >= 15 is 0 Å². The van der Waals surface area contributed by atoms with E-state index in [0.717, 1.165) is 77.8 Å². The molecule has 1 aromatic heterocycles. The number of aryl methyl sites for hydroxylation is 3. The first-order valence-electron chi connectivity index (χ1n) is 21.0. The molecule has 3 heterocycles. The Hall–Kier alpha value is -6.23. The van der Waals surface area contributed by atoms with Crippen LogP contribution in [0.1, 0.15) is 145 Å². The van der Waals surface area contributed by atoms with Gasteiger partial charge in [0.05, 0.1) is 11.1 Å². The number of benzene rings is 3. The number of halogens is 1. The number of unbranched alkanes of at least 4 members (excludes halogenated alkanes) is 6. The van der Waals surface area contributed by atoms with Gasteiger partial charge in [-0.3, -0.25) is 33.7 Å². The SMILES string of the molecule is C=C1CCC(N2C(=O)c3ccc(CCc4ccc(C(=O)NCCCCCCCCCC(=O)c5c(C)[nH]c(/C=C6\C(=O)Cc7ccc(F)cc76)c5C)cc4)cc3C2=O)C(=O)N1. The van der Waals surface area contributed by atoms with Crippen molar-refractivity contribution in [2.75, 3.05) is 6.54 Å². The smallest absolute Gasteiger partial charge is 0.262 e. The summed E-state index contributed by atoms with van der Waals surface area (Å²) in [6.07, 6.45) is 11.5. The molecule has 3 aliphatic rings. The molecule has 0 bridgehead atoms. The van der Waals surface area contributed by atoms with Crippen molar-refractivity contribution in [3.05, 3.63) is 140 Å². The highest BCUT2D eigenvalue weighted by atomic mass is 19.1. The molecule has 7 rings (SSSR count). The van der Waals surface area contributed by atoms with Crippen LogP contribution in [0, 0.1) is 19.7 Å². The summed E-state index contributed by atoms with van der Waals surface area (Å²) in [6, 6.07) is 16.3. The van der Waals surface area contributed by atoms with E-state index in [4.69, 9.17) is 0 Å². The van der Waals surface area contributed by atoms with Gasteiger partial charge in [0.1, 0.15) is 11.9 Å². The summed E-state index contributed by atoms with van der Waals surface area (Å²) < 4.78 is 13.9. The van der Waals surface area contributed by atoms with Crippen LogP contribution >= 0.6 is 0 Å². The van der Waals surface area contributed by atoms with Crippen LogP contribution in [0.15, 0.2) is 72.9 Å². The van der Waals surface area contributed by atoms with Gasteiger partial charge in [-0.05, 0) is 123 Å². The topological polar surface area (TPSA) is 146 Å². The van der Waals surface area contributed by atoms with Gasteiger partial charge in [0.15, 0.2) is 11.6 Å². The van der Waals surface area contributed by atoms with Gasteiger partial charge in [-0.25, -0.2) is 4.39 Å². The molecule has 0 radical (unpaired) electrons. The van der Waals surface area contributed by atoms with Crippen molar-refractivity contribution in [3.63, 3.8) is 0 Å². The minimum Gasteiger partial charge on any atom is -0.358 e. The lowest BCUT2D eigenvalue weighted by molar-refractivity contribution is -0.125. The van der Waals surface area contributed by atoms with E-state index in [1.165, 1.54) is 12.1 Å². The molecule has 0 saturated carbocycles. The third-order valence-corrected chi connectivity index (χ3v) is 12.0. The molecule has 1 fully saturated rings. The zero-order chi connectivity index (χ0) is 42.5. The molecule has 1 saturated heterocycles. The van der Waals surface area contributed by atoms with Gasteiger partial charge in [0.25, 0.3) is 17.7 Å². The second-order valence-corrected chi connectivity index (χ2v) is 16.2. The first-order chi connectivity index (χ1) is 28.9. The molecule has 1 unspecified atom stereocenters. The number of carbonyl (C=O) groups excluding carboxylic acids is 6. The van der Waals surface area contributed by atoms with Crippen molar-refractivity contribution < 1.29 is 33.2 Å². The van der Waals surface area contributed by atoms with E-state index in [2.05, 4.69) is 22.2 Å². The molecule has 4 aromatic rings. The van der Waals surface area contributed by atoms with Gasteiger partial charge >= 0.3 is 0 Å². The molecule has 0 spiro atoms. The van der Waals surface area contributed by atoms with Gasteiger partial charge in [-0.15, -0.1) is 0 Å². The number of aromatic nitrogens is 1. The molecular weight excluding hydrogens is 760 g/mol. The number of ketones is 2. The number of carbonyl (C=O) groups is 6. The molecule has 4 amide bonds. The van der Waals surface area contributed by atoms with Gasteiger partial charge in [0, 0.05) is 53.2 Å². The Bertz CT molecular complexity index is 2430. The maximum atomic E-state index is 13.9. The lowest BCUT2D eigenvalue weighted by atomic mass is 9.99. The molecule has 3 N–H and O–H groups in total. The summed E-state index contributed by atoms with van der Waals surface area (Å²) in [4.78, 5) is 81.8. The Morgan fingerprint density at radius 3 is 2.27 bits per heavy atom. The predicted octanol–water partition coefficient (Wildman–Crippen LogP) is 8.34. The number of piperidine rings is 1. The van der Waals surface area contributed by atoms with E-state index in [0.29, 0.717) is 83.4 Å². The number of nitrogens with one attached hydrogen (secondary N) is 3. The summed E-state index contributed by atoms with van der Waals surface area (Å²) in [5.41, 5.74) is 8.63. The number of amides is 4. The summed E-state index contributed by atoms with van der Waals surface area (Å²) in [5, 5.41) is 5.66. The van der Waals surface area contributed by atoms with Crippen molar-refractivity contribution >= 4 is 46.8 Å². The fraction of sp³-hybridized carbons (Fsp3) is 0.347. The van der Waals surface area contributed by atoms with E-state index in [9.17, 15) is 33.2 Å². The first kappa shape index (κ1) is 41.9. The standard InChI is InChI=1S/C49H51FN4O6/c1-29-12-23-42(47(58)52-29)54-48(59)37-22-17-33(25-40(37)49(54)60)14-13-32-15-18-34(19-16-32)46(57)51-24-10-8-6-4-5-7-9-11-43(55)45-30(2)41(53-31(45)3)28-39-38-27-36(50)21-20-35(38)26-44(39)56/h15-22,25,27-28,42,53H,1,4-14,23-24,26H2,2-3H3,(H,51,57)(H,52,58)/b39-28-. The summed E-state index contributed by atoms with van der Waals surface area (Å²) in [7, 11) is 0. The fourth-order valence-corrected chi connectivity index (χ4v) is 8.60. The molecule has 11 heteroatoms. The molecule has 2 aliphatic heterocycles. The van der Waals surface area contributed by atoms with Crippen LogP contribution in [0.2, 0.25) is 0 Å². The Kier molecular flexibility index (Phi) is 12.8. The molecule has 310 valence electrons. The third-order valence-electron chi connectivity index (χ3n) is 12.0. The van der Waals surface area contributed by atoms with Gasteiger partial charge in [-0.2, -0.15) is 0 Å². The summed E-state index contributed by atoms with van der Waals surface area (Å²) in [5.74, 6) is -1.74. The van der Waals surface area contributed by atoms with E-state index < -0.39 is 17.9 Å². The number of fused-ring (bicyclic) bond motifs is 2. The van der Waals surface area contributed by atoms with Crippen molar-refractivity contribution in [2.24, 2.45) is 0 Å². The quantitative estimate of drug-likeness (QED) is 0.0423. The van der Waals surface area contributed by atoms with Crippen LogP contribution in [0.25, 0.3) is 11.6 Å². The molecule has 60 heavy (non-hydrogen) atoms. The predicted molar refractivity (Wildman–Crippen MR) is 228 cm³/mol. The van der Waals surface area contributed by atoms with Crippen molar-refractivity contribution in [1.29, 1.82) is 0 Å². The number of hydrogen-bond donors (Lipinski definition) is 3. The number of nitrogens with zero attached hydrogens (tertiary/aromatic N) is 1. The van der Waals surface area contributed by atoms with E-state index in [1.54, 1.807) is 24.3 Å². The number of Topliss-reactive ketones (excluding diaryl/α,β-unsaturated/α-hetero) is 2. The Morgan fingerprint density at radius 1 is 0.833 bits per heavy atom. The first-order valence-corrected chi connectivity index (χ1v) is 21.0. The number of allylic oxidation sites excluding steroid dienone is 2. The van der Waals surface area contributed by atoms with E-state index in [1.807, 2.05) is 44.2 Å². The summed E-state index contributed by atoms with van der Waals surface area (Å²) >= 11 is 0. The van der Waals surface area contributed by atoms with Crippen molar-refractivity contribution in [3.8, 4) is 0 Å². The monoisotopic (exact) mass is 810 g/mol. The van der Waals surface area contributed by atoms with Gasteiger partial charge in [-0.1, -0.05) is 62.9 Å². The molecule has 10 nitrogen and oxygen atoms in total. The fourth-order valence-electron chi connectivity index (χ4n) is 8.60. The zero-order valence-electron chi connectivity index (χ0n) is 34.3. The summed E-state index contributed by atoms with van der Waals surface area (Å²) in [6.45, 7) is 8.12. The van der Waals surface area contributed by atoms with Crippen molar-refractivity contribution in [1.82, 2.24) is 20.5 Å². The van der Waals surface area contributed by atoms with Gasteiger partial charge < -0.3 is 15.6 Å². The average molecular weight is 811 g/mol. The highest BCUT2D eigenvalue weighted by molar-refractivity contribution is 6.29. The third kappa shape index (κ3) is 9.15. The second-order valence-electron chi connectivity index (χ2n) is 16.2. The van der Waals surface area contributed by atoms with Crippen LogP contribution in [0.5, 0.6) is 0 Å². The minimum atomic E-state index is -0.839. The van der Waals surface area contributed by atoms with Crippen LogP contribution in [0.4, 0.5) is 4.39 Å². The lowest BCUT2D eigenvalue weighted by Gasteiger charge is -2.29. The largest absolute Gasteiger partial charge is 0.358 e. The van der Waals surface area contributed by atoms with Crippen LogP contribution in [0.3, 0.4) is 0 Å². The maximum absolute atomic E-state index is 13.9. The maximum Gasteiger partial charge on any atom is 0.262 e. The van der Waals surface area contributed by atoms with Crippen LogP contribution in [-0.2, 0) is 28.9 Å². The normalized spacial score (nSPS) is 16.7. The molecule has 1 aliphatic carbocycles. The van der Waals surface area contributed by atoms with E-state index in [-0.39, 0.29) is 35.6 Å². The number of hydrogen-bond acceptors (Lipinski definition) is 6. The van der Waals surface area contributed by atoms with Crippen LogP contribution in [-0.4, -0.2) is 57.7 Å². The highest BCUT2D eigenvalue weighted by Crippen LogP contribution is 2.34. The zero-order valence-corrected chi connectivity index (χ0v) is 34.3. The molecule has 1 atom stereocenters. The Labute approximate surface area is 349 Å². The Morgan fingerprint density at radius 2 is 1.52 bits per heavy atom. The minimum absolute atomic E-state index is 0.0544. The average Bonchev–Trinajstić information content (AvgIpc) is 3.79. The molecular formula is C49H51FN4O6. The lowest BCUT2D eigenvalue weighted by Crippen LogP contribution is -2.51. The second kappa shape index (κ2) is 18.4. The Balaban J connectivity index is 0.768. The van der Waals surface area contributed by atoms with Crippen LogP contribution < -0.4 is 10.6 Å². The van der Waals surface area contributed by atoms with Crippen molar-refractivity contribution in [2.45, 2.75) is 103 Å². The number of H-pyrrole nitrogens is 1.